The molecule has 1 aromatic rings. The van der Waals surface area contributed by atoms with Crippen LogP contribution in [0.1, 0.15) is 17.5 Å². The van der Waals surface area contributed by atoms with Crippen molar-refractivity contribution in [3.8, 4) is 0 Å². The van der Waals surface area contributed by atoms with Crippen molar-refractivity contribution < 1.29 is 5.11 Å². The van der Waals surface area contributed by atoms with Gasteiger partial charge in [0.15, 0.2) is 0 Å². The molecular weight excluding hydrogens is 184 g/mol. The Labute approximate surface area is 83.7 Å². The summed E-state index contributed by atoms with van der Waals surface area (Å²) in [4.78, 5) is 0. The van der Waals surface area contributed by atoms with E-state index in [1.165, 1.54) is 0 Å². The van der Waals surface area contributed by atoms with Gasteiger partial charge in [0.2, 0.25) is 0 Å². The second-order valence-electron chi connectivity index (χ2n) is 2.92. The van der Waals surface area contributed by atoms with E-state index in [9.17, 15) is 0 Å². The van der Waals surface area contributed by atoms with Gasteiger partial charge in [-0.1, -0.05) is 35.9 Å². The van der Waals surface area contributed by atoms with Gasteiger partial charge in [0.1, 0.15) is 0 Å². The Morgan fingerprint density at radius 2 is 2.23 bits per heavy atom. The van der Waals surface area contributed by atoms with Crippen LogP contribution in [-0.2, 0) is 0 Å². The maximum Gasteiger partial charge on any atom is 0.0465 e. The number of hydrogen-bond donors (Lipinski definition) is 1. The first-order chi connectivity index (χ1) is 6.24. The molecule has 0 fully saturated rings. The highest BCUT2D eigenvalue weighted by Gasteiger charge is 1.93. The van der Waals surface area contributed by atoms with E-state index in [1.54, 1.807) is 0 Å². The summed E-state index contributed by atoms with van der Waals surface area (Å²) in [5, 5.41) is 9.36. The highest BCUT2D eigenvalue weighted by Crippen LogP contribution is 2.16. The first kappa shape index (κ1) is 10.3. The van der Waals surface area contributed by atoms with Gasteiger partial charge in [-0.25, -0.2) is 0 Å². The third-order valence-corrected chi connectivity index (χ3v) is 2.21. The summed E-state index contributed by atoms with van der Waals surface area (Å²) in [6, 6.07) is 5.87. The van der Waals surface area contributed by atoms with E-state index in [4.69, 9.17) is 16.7 Å². The van der Waals surface area contributed by atoms with Crippen LogP contribution in [0, 0.1) is 6.92 Å². The highest BCUT2D eigenvalue weighted by molar-refractivity contribution is 6.31. The summed E-state index contributed by atoms with van der Waals surface area (Å²) in [7, 11) is 0. The smallest absolute Gasteiger partial charge is 0.0465 e. The van der Waals surface area contributed by atoms with Crippen LogP contribution in [0.15, 0.2) is 24.3 Å². The lowest BCUT2D eigenvalue weighted by atomic mass is 10.1. The number of halogens is 1. The van der Waals surface area contributed by atoms with E-state index >= 15 is 0 Å². The number of aliphatic hydroxyl groups excluding tert-OH is 1. The lowest BCUT2D eigenvalue weighted by molar-refractivity contribution is 0.303. The van der Waals surface area contributed by atoms with Crippen molar-refractivity contribution in [2.24, 2.45) is 0 Å². The summed E-state index contributed by atoms with van der Waals surface area (Å²) in [6.45, 7) is 2.18. The molecule has 1 rings (SSSR count). The first-order valence-electron chi connectivity index (χ1n) is 4.27. The van der Waals surface area contributed by atoms with Crippen LogP contribution in [0.4, 0.5) is 0 Å². The number of rotatable bonds is 3. The second-order valence-corrected chi connectivity index (χ2v) is 3.33. The maximum absolute atomic E-state index is 8.57. The Hall–Kier alpha value is -0.790. The molecular formula is C11H13ClO. The molecule has 0 aliphatic carbocycles. The quantitative estimate of drug-likeness (QED) is 0.788. The zero-order valence-corrected chi connectivity index (χ0v) is 8.38. The molecule has 0 saturated heterocycles. The zero-order valence-electron chi connectivity index (χ0n) is 7.63. The Morgan fingerprint density at radius 1 is 1.46 bits per heavy atom. The van der Waals surface area contributed by atoms with E-state index in [-0.39, 0.29) is 6.61 Å². The molecule has 0 aromatic heterocycles. The summed E-state index contributed by atoms with van der Waals surface area (Å²) in [6.07, 6.45) is 4.63. The minimum Gasteiger partial charge on any atom is -0.396 e. The van der Waals surface area contributed by atoms with Crippen molar-refractivity contribution in [2.45, 2.75) is 13.3 Å². The van der Waals surface area contributed by atoms with Gasteiger partial charge < -0.3 is 5.11 Å². The molecule has 0 amide bonds. The van der Waals surface area contributed by atoms with Crippen LogP contribution < -0.4 is 0 Å². The first-order valence-corrected chi connectivity index (χ1v) is 4.65. The fourth-order valence-corrected chi connectivity index (χ4v) is 1.18. The minimum atomic E-state index is 0.197. The van der Waals surface area contributed by atoms with Crippen LogP contribution in [-0.4, -0.2) is 11.7 Å². The molecule has 1 nitrogen and oxygen atoms in total. The van der Waals surface area contributed by atoms with Crippen molar-refractivity contribution in [1.82, 2.24) is 0 Å². The van der Waals surface area contributed by atoms with E-state index in [0.717, 1.165) is 16.1 Å². The molecule has 0 aliphatic heterocycles. The van der Waals surface area contributed by atoms with Crippen LogP contribution in [0.25, 0.3) is 6.08 Å². The van der Waals surface area contributed by atoms with Gasteiger partial charge in [-0.3, -0.25) is 0 Å². The third-order valence-electron chi connectivity index (χ3n) is 1.79. The number of benzene rings is 1. The van der Waals surface area contributed by atoms with Gasteiger partial charge in [0.05, 0.1) is 0 Å². The minimum absolute atomic E-state index is 0.197. The van der Waals surface area contributed by atoms with Gasteiger partial charge in [0, 0.05) is 11.6 Å². The zero-order chi connectivity index (χ0) is 9.68. The predicted molar refractivity (Wildman–Crippen MR) is 56.9 cm³/mol. The maximum atomic E-state index is 8.57. The van der Waals surface area contributed by atoms with Gasteiger partial charge >= 0.3 is 0 Å². The molecule has 13 heavy (non-hydrogen) atoms. The molecule has 2 heteroatoms. The summed E-state index contributed by atoms with van der Waals surface area (Å²) in [5.74, 6) is 0. The standard InChI is InChI=1S/C11H13ClO/c1-9-8-10(4-2-3-7-13)5-6-11(9)12/h2,4-6,8,13H,3,7H2,1H3. The average Bonchev–Trinajstić information content (AvgIpc) is 2.12. The van der Waals surface area contributed by atoms with Crippen molar-refractivity contribution in [3.05, 3.63) is 40.4 Å². The van der Waals surface area contributed by atoms with Crippen molar-refractivity contribution in [3.63, 3.8) is 0 Å². The average molecular weight is 197 g/mol. The van der Waals surface area contributed by atoms with Gasteiger partial charge in [-0.2, -0.15) is 0 Å². The van der Waals surface area contributed by atoms with Crippen LogP contribution in [0.3, 0.4) is 0 Å². The Bertz CT molecular complexity index is 305. The molecule has 0 bridgehead atoms. The Balaban J connectivity index is 2.73. The van der Waals surface area contributed by atoms with Crippen LogP contribution in [0.5, 0.6) is 0 Å². The fourth-order valence-electron chi connectivity index (χ4n) is 1.07. The normalized spacial score (nSPS) is 11.0. The van der Waals surface area contributed by atoms with Gasteiger partial charge in [0.25, 0.3) is 0 Å². The van der Waals surface area contributed by atoms with Gasteiger partial charge in [-0.05, 0) is 30.5 Å². The number of hydrogen-bond acceptors (Lipinski definition) is 1. The molecule has 1 N–H and O–H groups in total. The molecule has 0 atom stereocenters. The molecule has 0 saturated carbocycles. The lowest BCUT2D eigenvalue weighted by Gasteiger charge is -1.98. The van der Waals surface area contributed by atoms with Crippen molar-refractivity contribution >= 4 is 17.7 Å². The van der Waals surface area contributed by atoms with E-state index < -0.39 is 0 Å². The lowest BCUT2D eigenvalue weighted by Crippen LogP contribution is -1.79. The van der Waals surface area contributed by atoms with Crippen LogP contribution >= 0.6 is 11.6 Å². The SMILES string of the molecule is Cc1cc(C=CCCO)ccc1Cl. The number of aryl methyl sites for hydroxylation is 1. The Kier molecular flexibility index (Phi) is 4.00. The molecule has 0 radical (unpaired) electrons. The van der Waals surface area contributed by atoms with Crippen LogP contribution in [0.2, 0.25) is 5.02 Å². The molecule has 0 aliphatic rings. The molecule has 0 spiro atoms. The van der Waals surface area contributed by atoms with Crippen molar-refractivity contribution in [1.29, 1.82) is 0 Å². The number of aliphatic hydroxyl groups is 1. The monoisotopic (exact) mass is 196 g/mol. The molecule has 1 aromatic carbocycles. The second kappa shape index (κ2) is 5.05. The largest absolute Gasteiger partial charge is 0.396 e. The summed E-state index contributed by atoms with van der Waals surface area (Å²) < 4.78 is 0. The van der Waals surface area contributed by atoms with E-state index in [2.05, 4.69) is 0 Å². The highest BCUT2D eigenvalue weighted by atomic mass is 35.5. The van der Waals surface area contributed by atoms with Gasteiger partial charge in [-0.15, -0.1) is 0 Å². The fraction of sp³-hybridized carbons (Fsp3) is 0.273. The molecule has 0 unspecified atom stereocenters. The summed E-state index contributed by atoms with van der Waals surface area (Å²) in [5.41, 5.74) is 2.20. The topological polar surface area (TPSA) is 20.2 Å². The Morgan fingerprint density at radius 3 is 2.85 bits per heavy atom. The summed E-state index contributed by atoms with van der Waals surface area (Å²) >= 11 is 5.88. The third kappa shape index (κ3) is 3.21. The molecule has 70 valence electrons. The predicted octanol–water partition coefficient (Wildman–Crippen LogP) is 3.04. The van der Waals surface area contributed by atoms with Crippen molar-refractivity contribution in [2.75, 3.05) is 6.61 Å². The molecule has 0 heterocycles. The van der Waals surface area contributed by atoms with E-state index in [0.29, 0.717) is 6.42 Å². The van der Waals surface area contributed by atoms with E-state index in [1.807, 2.05) is 37.3 Å².